The lowest BCUT2D eigenvalue weighted by molar-refractivity contribution is -0.147. The molecular weight excluding hydrogens is 466 g/mol. The van der Waals surface area contributed by atoms with Crippen molar-refractivity contribution in [3.05, 3.63) is 0 Å². The first-order chi connectivity index (χ1) is 15.3. The molecule has 0 saturated carbocycles. The molecule has 0 saturated heterocycles. The number of rotatable bonds is 16. The smallest absolute Gasteiger partial charge is 0.326 e. The molecule has 0 aliphatic heterocycles. The van der Waals surface area contributed by atoms with Crippen molar-refractivity contribution in [3.63, 3.8) is 0 Å². The number of amides is 4. The summed E-state index contributed by atoms with van der Waals surface area (Å²) in [6, 6.07) is -5.95. The van der Waals surface area contributed by atoms with E-state index >= 15 is 0 Å². The molecule has 0 rings (SSSR count). The Morgan fingerprint density at radius 1 is 0.727 bits per heavy atom. The summed E-state index contributed by atoms with van der Waals surface area (Å²) in [6.45, 7) is 0. The predicted octanol–water partition coefficient (Wildman–Crippen LogP) is -3.61. The summed E-state index contributed by atoms with van der Waals surface area (Å²) < 4.78 is 0. The molecule has 0 bridgehead atoms. The third-order valence-corrected chi connectivity index (χ3v) is 4.51. The monoisotopic (exact) mass is 493 g/mol. The van der Waals surface area contributed by atoms with Crippen molar-refractivity contribution in [2.45, 2.75) is 56.3 Å². The molecule has 4 unspecified atom stereocenters. The van der Waals surface area contributed by atoms with E-state index in [0.717, 1.165) is 0 Å². The van der Waals surface area contributed by atoms with Gasteiger partial charge in [0.1, 0.15) is 18.1 Å². The maximum Gasteiger partial charge on any atom is 0.326 e. The molecule has 186 valence electrons. The van der Waals surface area contributed by atoms with Crippen LogP contribution in [-0.2, 0) is 33.6 Å². The standard InChI is InChI=1S/C17H27N5O10S/c18-7(6-33)14(28)20-9(2-4-12(24)25)15(29)21-8(1-3-11(19)23)16(30)22-10(17(31)32)5-13(26)27/h7-10,33H,1-6,18H2,(H2,19,23)(H,20,28)(H,21,29)(H,22,30)(H,24,25)(H,26,27)(H,31,32). The largest absolute Gasteiger partial charge is 0.481 e. The second kappa shape index (κ2) is 14.6. The van der Waals surface area contributed by atoms with Crippen LogP contribution in [0.1, 0.15) is 32.1 Å². The van der Waals surface area contributed by atoms with Crippen molar-refractivity contribution in [3.8, 4) is 0 Å². The molecule has 4 amide bonds. The summed E-state index contributed by atoms with van der Waals surface area (Å²) in [5.41, 5.74) is 10.6. The quantitative estimate of drug-likeness (QED) is 0.0947. The van der Waals surface area contributed by atoms with Crippen molar-refractivity contribution in [2.75, 3.05) is 5.75 Å². The lowest BCUT2D eigenvalue weighted by Crippen LogP contribution is -2.57. The third kappa shape index (κ3) is 12.3. The number of carboxylic acids is 3. The second-order valence-corrected chi connectivity index (χ2v) is 7.21. The minimum Gasteiger partial charge on any atom is -0.481 e. The van der Waals surface area contributed by atoms with Crippen LogP contribution in [0.25, 0.3) is 0 Å². The van der Waals surface area contributed by atoms with E-state index in [-0.39, 0.29) is 18.6 Å². The lowest BCUT2D eigenvalue weighted by atomic mass is 10.1. The molecule has 0 aliphatic carbocycles. The van der Waals surface area contributed by atoms with E-state index in [4.69, 9.17) is 26.8 Å². The highest BCUT2D eigenvalue weighted by Crippen LogP contribution is 2.05. The number of thiol groups is 1. The number of nitrogens with two attached hydrogens (primary N) is 2. The van der Waals surface area contributed by atoms with Crippen LogP contribution in [0.3, 0.4) is 0 Å². The Balaban J connectivity index is 5.60. The van der Waals surface area contributed by atoms with Gasteiger partial charge < -0.3 is 42.7 Å². The normalized spacial score (nSPS) is 14.1. The summed E-state index contributed by atoms with van der Waals surface area (Å²) in [4.78, 5) is 81.2. The highest BCUT2D eigenvalue weighted by molar-refractivity contribution is 7.80. The number of hydrogen-bond donors (Lipinski definition) is 9. The molecule has 0 aliphatic rings. The molecule has 0 spiro atoms. The Morgan fingerprint density at radius 3 is 1.58 bits per heavy atom. The van der Waals surface area contributed by atoms with Gasteiger partial charge in [-0.1, -0.05) is 0 Å². The fourth-order valence-corrected chi connectivity index (χ4v) is 2.54. The zero-order valence-electron chi connectivity index (χ0n) is 17.4. The van der Waals surface area contributed by atoms with Gasteiger partial charge in [-0.3, -0.25) is 28.8 Å². The van der Waals surface area contributed by atoms with Gasteiger partial charge in [0.25, 0.3) is 0 Å². The van der Waals surface area contributed by atoms with Crippen LogP contribution < -0.4 is 27.4 Å². The van der Waals surface area contributed by atoms with E-state index in [1.54, 1.807) is 0 Å². The number of aliphatic carboxylic acids is 3. The van der Waals surface area contributed by atoms with E-state index in [1.165, 1.54) is 0 Å². The molecule has 0 aromatic carbocycles. The summed E-state index contributed by atoms with van der Waals surface area (Å²) >= 11 is 3.85. The molecule has 0 radical (unpaired) electrons. The van der Waals surface area contributed by atoms with E-state index in [0.29, 0.717) is 0 Å². The molecule has 4 atom stereocenters. The number of nitrogens with one attached hydrogen (secondary N) is 3. The zero-order valence-corrected chi connectivity index (χ0v) is 18.2. The summed E-state index contributed by atoms with van der Waals surface area (Å²) in [6.07, 6.45) is -2.68. The number of primary amides is 1. The summed E-state index contributed by atoms with van der Waals surface area (Å²) in [5, 5.41) is 33.1. The average molecular weight is 493 g/mol. The highest BCUT2D eigenvalue weighted by Gasteiger charge is 2.31. The number of hydrogen-bond acceptors (Lipinski definition) is 9. The molecule has 0 heterocycles. The minimum atomic E-state index is -1.83. The van der Waals surface area contributed by atoms with Gasteiger partial charge in [0.05, 0.1) is 12.5 Å². The first-order valence-electron chi connectivity index (χ1n) is 9.50. The zero-order chi connectivity index (χ0) is 25.7. The van der Waals surface area contributed by atoms with Gasteiger partial charge >= 0.3 is 17.9 Å². The van der Waals surface area contributed by atoms with Gasteiger partial charge in [-0.2, -0.15) is 12.6 Å². The average Bonchev–Trinajstić information content (AvgIpc) is 2.71. The van der Waals surface area contributed by atoms with Crippen LogP contribution in [0.5, 0.6) is 0 Å². The van der Waals surface area contributed by atoms with Crippen molar-refractivity contribution < 1.29 is 48.9 Å². The van der Waals surface area contributed by atoms with Crippen molar-refractivity contribution in [1.82, 2.24) is 16.0 Å². The Kier molecular flexibility index (Phi) is 13.1. The van der Waals surface area contributed by atoms with Crippen LogP contribution in [0.4, 0.5) is 0 Å². The number of carboxylic acid groups (broad SMARTS) is 3. The van der Waals surface area contributed by atoms with Crippen LogP contribution in [-0.4, -0.2) is 86.8 Å². The maximum atomic E-state index is 12.7. The highest BCUT2D eigenvalue weighted by atomic mass is 32.1. The third-order valence-electron chi connectivity index (χ3n) is 4.12. The fraction of sp³-hybridized carbons (Fsp3) is 0.588. The first kappa shape index (κ1) is 29.6. The molecule has 16 heteroatoms. The Hall–Kier alpha value is -3.40. The van der Waals surface area contributed by atoms with Gasteiger partial charge in [0, 0.05) is 18.6 Å². The SMILES string of the molecule is NC(=O)CCC(NC(=O)C(CCC(=O)O)NC(=O)C(N)CS)C(=O)NC(CC(=O)O)C(=O)O. The molecule has 15 nitrogen and oxygen atoms in total. The van der Waals surface area contributed by atoms with Gasteiger partial charge in [-0.25, -0.2) is 4.79 Å². The molecule has 0 aromatic heterocycles. The molecule has 10 N–H and O–H groups in total. The summed E-state index contributed by atoms with van der Waals surface area (Å²) in [7, 11) is 0. The van der Waals surface area contributed by atoms with E-state index < -0.39 is 85.0 Å². The van der Waals surface area contributed by atoms with E-state index in [1.807, 2.05) is 5.32 Å². The van der Waals surface area contributed by atoms with Crippen molar-refractivity contribution in [2.24, 2.45) is 11.5 Å². The maximum absolute atomic E-state index is 12.7. The second-order valence-electron chi connectivity index (χ2n) is 6.85. The Bertz CT molecular complexity index is 777. The molecule has 33 heavy (non-hydrogen) atoms. The van der Waals surface area contributed by atoms with Crippen molar-refractivity contribution >= 4 is 54.2 Å². The van der Waals surface area contributed by atoms with Gasteiger partial charge in [-0.05, 0) is 12.8 Å². The Labute approximate surface area is 193 Å². The fourth-order valence-electron chi connectivity index (χ4n) is 2.37. The van der Waals surface area contributed by atoms with Crippen LogP contribution in [0.2, 0.25) is 0 Å². The molecule has 0 fully saturated rings. The molecular formula is C17H27N5O10S. The van der Waals surface area contributed by atoms with Crippen LogP contribution in [0, 0.1) is 0 Å². The molecule has 0 aromatic rings. The van der Waals surface area contributed by atoms with E-state index in [2.05, 4.69) is 23.3 Å². The van der Waals surface area contributed by atoms with Crippen LogP contribution in [0.15, 0.2) is 0 Å². The number of carbonyl (C=O) groups is 7. The van der Waals surface area contributed by atoms with E-state index in [9.17, 15) is 33.6 Å². The van der Waals surface area contributed by atoms with Gasteiger partial charge in [-0.15, -0.1) is 0 Å². The minimum absolute atomic E-state index is 0.0805. The van der Waals surface area contributed by atoms with Crippen molar-refractivity contribution in [1.29, 1.82) is 0 Å². The first-order valence-corrected chi connectivity index (χ1v) is 10.1. The number of carbonyl (C=O) groups excluding carboxylic acids is 4. The van der Waals surface area contributed by atoms with Crippen LogP contribution >= 0.6 is 12.6 Å². The summed E-state index contributed by atoms with van der Waals surface area (Å²) in [5.74, 6) is -8.35. The Morgan fingerprint density at radius 2 is 1.18 bits per heavy atom. The van der Waals surface area contributed by atoms with Gasteiger partial charge in [0.2, 0.25) is 23.6 Å². The lowest BCUT2D eigenvalue weighted by Gasteiger charge is -2.24. The predicted molar refractivity (Wildman–Crippen MR) is 113 cm³/mol. The van der Waals surface area contributed by atoms with Gasteiger partial charge in [0.15, 0.2) is 0 Å². The topological polar surface area (TPSA) is 268 Å².